The number of ketones is 1. The fraction of sp³-hybridized carbons (Fsp3) is 0.0690. The predicted molar refractivity (Wildman–Crippen MR) is 138 cm³/mol. The Hall–Kier alpha value is -3.68. The predicted octanol–water partition coefficient (Wildman–Crippen LogP) is 4.60. The summed E-state index contributed by atoms with van der Waals surface area (Å²) in [5.41, 5.74) is 0.465. The van der Waals surface area contributed by atoms with Crippen LogP contribution in [-0.2, 0) is 9.53 Å². The van der Waals surface area contributed by atoms with Crippen LogP contribution in [0.15, 0.2) is 121 Å². The summed E-state index contributed by atoms with van der Waals surface area (Å²) in [6, 6.07) is 38.5. The molecule has 4 heteroatoms. The monoisotopic (exact) mass is 452 g/mol. The fourth-order valence-electron chi connectivity index (χ4n) is 4.10. The number of carbonyl (C=O) groups is 2. The van der Waals surface area contributed by atoms with E-state index in [1.807, 2.05) is 109 Å². The third-order valence-corrected chi connectivity index (χ3v) is 9.76. The van der Waals surface area contributed by atoms with Crippen LogP contribution in [0, 0.1) is 0 Å². The van der Waals surface area contributed by atoms with E-state index < -0.39 is 12.9 Å². The number of hydrogen-bond acceptors (Lipinski definition) is 3. The Morgan fingerprint density at radius 2 is 0.970 bits per heavy atom. The summed E-state index contributed by atoms with van der Waals surface area (Å²) in [5.74, 6) is -0.879. The second-order valence-corrected chi connectivity index (χ2v) is 10.8. The lowest BCUT2D eigenvalue weighted by Crippen LogP contribution is -2.38. The molecule has 0 unspecified atom stereocenters. The Morgan fingerprint density at radius 3 is 1.33 bits per heavy atom. The zero-order valence-corrected chi connectivity index (χ0v) is 19.3. The van der Waals surface area contributed by atoms with Crippen LogP contribution in [0.25, 0.3) is 0 Å². The van der Waals surface area contributed by atoms with Crippen molar-refractivity contribution in [3.8, 4) is 0 Å². The number of Topliss-reactive ketones (excluding diaryl/α,β-unsaturated/α-hetero) is 1. The molecule has 0 N–H and O–H groups in total. The molecule has 0 fully saturated rings. The van der Waals surface area contributed by atoms with Crippen LogP contribution in [-0.4, -0.2) is 23.7 Å². The minimum absolute atomic E-state index is 0.180. The summed E-state index contributed by atoms with van der Waals surface area (Å²) >= 11 is 0. The van der Waals surface area contributed by atoms with E-state index in [9.17, 15) is 9.59 Å². The highest BCUT2D eigenvalue weighted by atomic mass is 31.2. The van der Waals surface area contributed by atoms with Crippen molar-refractivity contribution in [2.75, 3.05) is 6.61 Å². The number of hydrogen-bond donors (Lipinski definition) is 0. The van der Waals surface area contributed by atoms with E-state index in [2.05, 4.69) is 0 Å². The smallest absolute Gasteiger partial charge is 0.343 e. The first-order chi connectivity index (χ1) is 16.2. The van der Waals surface area contributed by atoms with Crippen LogP contribution in [0.4, 0.5) is 0 Å². The summed E-state index contributed by atoms with van der Waals surface area (Å²) in [6.07, 6.45) is 0. The molecule has 0 radical (unpaired) electrons. The van der Waals surface area contributed by atoms with Gasteiger partial charge in [-0.2, -0.15) is 0 Å². The molecule has 0 aliphatic rings. The zero-order valence-electron chi connectivity index (χ0n) is 18.4. The molecule has 0 amide bonds. The van der Waals surface area contributed by atoms with Crippen LogP contribution < -0.4 is 15.9 Å². The zero-order chi connectivity index (χ0) is 23.1. The van der Waals surface area contributed by atoms with Gasteiger partial charge < -0.3 is 4.74 Å². The van der Waals surface area contributed by atoms with E-state index in [0.29, 0.717) is 5.56 Å². The number of benzene rings is 4. The topological polar surface area (TPSA) is 43.4 Å². The molecule has 0 aromatic heterocycles. The molecule has 33 heavy (non-hydrogen) atoms. The van der Waals surface area contributed by atoms with E-state index in [1.54, 1.807) is 19.1 Å². The van der Waals surface area contributed by atoms with Crippen molar-refractivity contribution in [2.45, 2.75) is 6.92 Å². The molecular weight excluding hydrogens is 427 g/mol. The third kappa shape index (κ3) is 4.33. The molecule has 3 nitrogen and oxygen atoms in total. The van der Waals surface area contributed by atoms with Gasteiger partial charge in [0, 0.05) is 5.56 Å². The van der Waals surface area contributed by atoms with E-state index in [0.717, 1.165) is 15.9 Å². The Morgan fingerprint density at radius 1 is 0.606 bits per heavy atom. The van der Waals surface area contributed by atoms with Crippen LogP contribution >= 0.6 is 6.89 Å². The maximum Gasteiger partial charge on any atom is 0.343 e. The van der Waals surface area contributed by atoms with Crippen LogP contribution in [0.5, 0.6) is 0 Å². The second-order valence-electron chi connectivity index (χ2n) is 7.44. The fourth-order valence-corrected chi connectivity index (χ4v) is 8.40. The normalized spacial score (nSPS) is 10.9. The minimum atomic E-state index is -2.88. The molecule has 0 saturated heterocycles. The average molecular weight is 452 g/mol. The maximum atomic E-state index is 14.1. The van der Waals surface area contributed by atoms with Crippen molar-refractivity contribution in [1.29, 1.82) is 0 Å². The van der Waals surface area contributed by atoms with Gasteiger partial charge in [0.05, 0.1) is 6.61 Å². The lowest BCUT2D eigenvalue weighted by Gasteiger charge is -2.31. The van der Waals surface area contributed by atoms with Gasteiger partial charge in [-0.1, -0.05) is 121 Å². The molecule has 0 bridgehead atoms. The summed E-state index contributed by atoms with van der Waals surface area (Å²) in [7, 11) is 0. The van der Waals surface area contributed by atoms with Gasteiger partial charge in [0.1, 0.15) is 5.29 Å². The average Bonchev–Trinajstić information content (AvgIpc) is 2.89. The first-order valence-electron chi connectivity index (χ1n) is 10.9. The lowest BCUT2D eigenvalue weighted by atomic mass is 10.1. The molecule has 0 aliphatic heterocycles. The Bertz CT molecular complexity index is 1180. The largest absolute Gasteiger partial charge is 0.462 e. The highest BCUT2D eigenvalue weighted by Crippen LogP contribution is 2.47. The molecule has 4 aromatic rings. The van der Waals surface area contributed by atoms with Gasteiger partial charge in [0.15, 0.2) is 0 Å². The first kappa shape index (κ1) is 22.5. The van der Waals surface area contributed by atoms with Crippen LogP contribution in [0.1, 0.15) is 17.3 Å². The summed E-state index contributed by atoms with van der Waals surface area (Å²) < 4.78 is 5.55. The second kappa shape index (κ2) is 10.3. The van der Waals surface area contributed by atoms with Gasteiger partial charge in [-0.05, 0) is 29.7 Å². The molecule has 0 aliphatic carbocycles. The molecular formula is C29H25O3P. The van der Waals surface area contributed by atoms with Gasteiger partial charge in [-0.15, -0.1) is 0 Å². The Labute approximate surface area is 194 Å². The number of rotatable bonds is 7. The number of esters is 1. The molecule has 4 rings (SSSR count). The van der Waals surface area contributed by atoms with E-state index >= 15 is 0 Å². The number of ether oxygens (including phenoxy) is 1. The standard InChI is InChI=1S/C29H25O3P/c1-2-32-29(31)28(27(30)23-15-7-3-8-16-23)33(24-17-9-4-10-18-24,25-19-11-5-12-20-25)26-21-13-6-14-22-26/h3-22H,2H2,1H3. The van der Waals surface area contributed by atoms with Gasteiger partial charge >= 0.3 is 5.97 Å². The third-order valence-electron chi connectivity index (χ3n) is 5.49. The molecule has 0 saturated carbocycles. The van der Waals surface area contributed by atoms with Gasteiger partial charge in [0.2, 0.25) is 5.78 Å². The van der Waals surface area contributed by atoms with Crippen molar-refractivity contribution in [3.63, 3.8) is 0 Å². The highest BCUT2D eigenvalue weighted by Gasteiger charge is 2.37. The number of carbonyl (C=O) groups excluding carboxylic acids is 2. The maximum absolute atomic E-state index is 14.1. The quantitative estimate of drug-likeness (QED) is 0.178. The van der Waals surface area contributed by atoms with Gasteiger partial charge in [-0.25, -0.2) is 4.79 Å². The first-order valence-corrected chi connectivity index (χ1v) is 12.7. The lowest BCUT2D eigenvalue weighted by molar-refractivity contribution is -0.134. The van der Waals surface area contributed by atoms with E-state index in [4.69, 9.17) is 4.74 Å². The highest BCUT2D eigenvalue weighted by molar-refractivity contribution is 7.97. The summed E-state index contributed by atoms with van der Waals surface area (Å²) in [6.45, 7) is -0.935. The molecule has 0 spiro atoms. The van der Waals surface area contributed by atoms with Crippen LogP contribution in [0.3, 0.4) is 0 Å². The van der Waals surface area contributed by atoms with Crippen molar-refractivity contribution in [1.82, 2.24) is 0 Å². The van der Waals surface area contributed by atoms with Crippen molar-refractivity contribution in [2.24, 2.45) is 0 Å². The Kier molecular flexibility index (Phi) is 7.02. The Balaban J connectivity index is 2.26. The SMILES string of the molecule is CCOC(=O)C(C(=O)c1ccccc1)=P(c1ccccc1)(c1ccccc1)c1ccccc1. The van der Waals surface area contributed by atoms with Crippen molar-refractivity contribution in [3.05, 3.63) is 127 Å². The minimum Gasteiger partial charge on any atom is -0.462 e. The molecule has 0 atom stereocenters. The molecule has 4 aromatic carbocycles. The molecule has 0 heterocycles. The van der Waals surface area contributed by atoms with Crippen molar-refractivity contribution < 1.29 is 14.3 Å². The van der Waals surface area contributed by atoms with E-state index in [1.165, 1.54) is 0 Å². The van der Waals surface area contributed by atoms with Gasteiger partial charge in [-0.3, -0.25) is 4.79 Å². The van der Waals surface area contributed by atoms with Crippen LogP contribution in [0.2, 0.25) is 0 Å². The van der Waals surface area contributed by atoms with E-state index in [-0.39, 0.29) is 17.7 Å². The van der Waals surface area contributed by atoms with Gasteiger partial charge in [0.25, 0.3) is 0 Å². The summed E-state index contributed by atoms with van der Waals surface area (Å²) in [5, 5.41) is 2.96. The summed E-state index contributed by atoms with van der Waals surface area (Å²) in [4.78, 5) is 27.8. The van der Waals surface area contributed by atoms with Crippen molar-refractivity contribution >= 4 is 39.8 Å². The molecule has 164 valence electrons.